The molecule has 166 valence electrons. The highest BCUT2D eigenvalue weighted by Crippen LogP contribution is 2.54. The van der Waals surface area contributed by atoms with Crippen molar-refractivity contribution in [3.8, 4) is 0 Å². The zero-order valence-electron chi connectivity index (χ0n) is 20.5. The van der Waals surface area contributed by atoms with Gasteiger partial charge in [-0.2, -0.15) is 0 Å². The van der Waals surface area contributed by atoms with E-state index in [9.17, 15) is 0 Å². The highest BCUT2D eigenvalue weighted by molar-refractivity contribution is 5.75. The largest absolute Gasteiger partial charge is 0.318 e. The first-order valence-corrected chi connectivity index (χ1v) is 11.8. The molecule has 2 aromatic carbocycles. The molecule has 0 amide bonds. The zero-order chi connectivity index (χ0) is 23.2. The molecule has 2 nitrogen and oxygen atoms in total. The molecule has 0 saturated heterocycles. The number of fused-ring (bicyclic) bond motifs is 3. The molecule has 0 saturated carbocycles. The quantitative estimate of drug-likeness (QED) is 0.494. The van der Waals surface area contributed by atoms with Crippen LogP contribution in [0.3, 0.4) is 0 Å². The van der Waals surface area contributed by atoms with Crippen LogP contribution in [-0.4, -0.2) is 6.17 Å². The van der Waals surface area contributed by atoms with Crippen molar-refractivity contribution >= 4 is 11.4 Å². The van der Waals surface area contributed by atoms with Gasteiger partial charge in [-0.05, 0) is 42.3 Å². The van der Waals surface area contributed by atoms with Gasteiger partial charge >= 0.3 is 0 Å². The van der Waals surface area contributed by atoms with Gasteiger partial charge in [0.2, 0.25) is 0 Å². The second-order valence-corrected chi connectivity index (χ2v) is 7.74. The molecule has 0 fully saturated rings. The third kappa shape index (κ3) is 3.84. The van der Waals surface area contributed by atoms with Crippen LogP contribution in [0.2, 0.25) is 0 Å². The van der Waals surface area contributed by atoms with Crippen LogP contribution in [0, 0.1) is 5.92 Å². The Kier molecular flexibility index (Phi) is 8.33. The summed E-state index contributed by atoms with van der Waals surface area (Å²) >= 11 is 0. The Bertz CT molecular complexity index is 911. The molecule has 0 spiro atoms. The average molecular weight is 417 g/mol. The summed E-state index contributed by atoms with van der Waals surface area (Å²) in [5.74, 6) is 0.421. The molecule has 3 unspecified atom stereocenters. The molecular weight excluding hydrogens is 376 g/mol. The topological polar surface area (TPSA) is 6.48 Å². The van der Waals surface area contributed by atoms with Crippen molar-refractivity contribution in [2.75, 3.05) is 9.80 Å². The van der Waals surface area contributed by atoms with Crippen molar-refractivity contribution < 1.29 is 0 Å². The maximum absolute atomic E-state index is 4.14. The minimum absolute atomic E-state index is 0.105. The molecule has 0 aliphatic carbocycles. The Hall–Kier alpha value is -2.74. The summed E-state index contributed by atoms with van der Waals surface area (Å²) in [4.78, 5) is 4.91. The van der Waals surface area contributed by atoms with Gasteiger partial charge in [0.25, 0.3) is 0 Å². The van der Waals surface area contributed by atoms with E-state index in [0.717, 1.165) is 17.8 Å². The van der Waals surface area contributed by atoms with Crippen molar-refractivity contribution in [2.24, 2.45) is 5.92 Å². The smallest absolute Gasteiger partial charge is 0.114 e. The number of rotatable bonds is 4. The summed E-state index contributed by atoms with van der Waals surface area (Å²) < 4.78 is 0. The van der Waals surface area contributed by atoms with E-state index in [1.54, 1.807) is 0 Å². The Morgan fingerprint density at radius 2 is 1.35 bits per heavy atom. The minimum atomic E-state index is 0.105. The molecule has 3 atom stereocenters. The first-order chi connectivity index (χ1) is 15.1. The molecule has 2 heterocycles. The molecule has 0 aromatic heterocycles. The molecule has 4 rings (SSSR count). The lowest BCUT2D eigenvalue weighted by molar-refractivity contribution is 0.246. The lowest BCUT2D eigenvalue weighted by atomic mass is 9.66. The predicted octanol–water partition coefficient (Wildman–Crippen LogP) is 8.29. The van der Waals surface area contributed by atoms with Gasteiger partial charge in [0, 0.05) is 22.7 Å². The fourth-order valence-corrected chi connectivity index (χ4v) is 4.91. The Balaban J connectivity index is 0.000000807. The maximum atomic E-state index is 4.14. The standard InChI is InChI=1S/C25H28N2.2C2H6/c1-6-21-22(7-2)27-23-17-13-12-16-20(23)25(5,8-3)18(4)24(27)26(21)19-14-10-9-11-15-19;2*1-2/h6-7,9-18,24H,1-2,8H2,3-5H3;2*1-2H3. The van der Waals surface area contributed by atoms with Gasteiger partial charge in [-0.15, -0.1) is 0 Å². The molecular formula is C29H40N2. The lowest BCUT2D eigenvalue weighted by Crippen LogP contribution is -2.55. The molecule has 2 aliphatic rings. The summed E-state index contributed by atoms with van der Waals surface area (Å²) in [7, 11) is 0. The summed E-state index contributed by atoms with van der Waals surface area (Å²) in [6.07, 6.45) is 5.25. The SMILES string of the molecule is C=CC1=C(C=C)N2c3ccccc3C(C)(CC)C(C)C2N1c1ccccc1.CC.CC. The van der Waals surface area contributed by atoms with Crippen LogP contribution in [0.15, 0.2) is 91.3 Å². The number of benzene rings is 2. The average Bonchev–Trinajstić information content (AvgIpc) is 3.20. The van der Waals surface area contributed by atoms with Gasteiger partial charge in [-0.1, -0.05) is 98.0 Å². The molecule has 0 radical (unpaired) electrons. The number of allylic oxidation sites excluding steroid dienone is 2. The second-order valence-electron chi connectivity index (χ2n) is 7.74. The minimum Gasteiger partial charge on any atom is -0.318 e. The third-order valence-electron chi connectivity index (χ3n) is 6.70. The van der Waals surface area contributed by atoms with E-state index >= 15 is 0 Å². The molecule has 0 N–H and O–H groups in total. The number of anilines is 2. The van der Waals surface area contributed by atoms with E-state index in [4.69, 9.17) is 0 Å². The van der Waals surface area contributed by atoms with E-state index in [0.29, 0.717) is 5.92 Å². The highest BCUT2D eigenvalue weighted by Gasteiger charge is 2.52. The third-order valence-corrected chi connectivity index (χ3v) is 6.70. The lowest BCUT2D eigenvalue weighted by Gasteiger charge is -2.51. The van der Waals surface area contributed by atoms with E-state index in [2.05, 4.69) is 98.3 Å². The molecule has 0 bridgehead atoms. The molecule has 31 heavy (non-hydrogen) atoms. The van der Waals surface area contributed by atoms with Crippen LogP contribution in [0.1, 0.15) is 60.5 Å². The van der Waals surface area contributed by atoms with Gasteiger partial charge in [0.15, 0.2) is 0 Å². The monoisotopic (exact) mass is 416 g/mol. The van der Waals surface area contributed by atoms with Crippen LogP contribution in [-0.2, 0) is 5.41 Å². The normalized spacial score (nSPS) is 23.6. The van der Waals surface area contributed by atoms with Crippen LogP contribution < -0.4 is 9.80 Å². The van der Waals surface area contributed by atoms with E-state index in [1.165, 1.54) is 16.9 Å². The van der Waals surface area contributed by atoms with Crippen molar-refractivity contribution in [2.45, 2.75) is 66.5 Å². The van der Waals surface area contributed by atoms with Crippen molar-refractivity contribution in [1.82, 2.24) is 0 Å². The van der Waals surface area contributed by atoms with Gasteiger partial charge in [0.1, 0.15) is 6.17 Å². The fraction of sp³-hybridized carbons (Fsp3) is 0.379. The van der Waals surface area contributed by atoms with E-state index in [1.807, 2.05) is 39.8 Å². The predicted molar refractivity (Wildman–Crippen MR) is 139 cm³/mol. The van der Waals surface area contributed by atoms with Crippen LogP contribution >= 0.6 is 0 Å². The number of hydrogen-bond donors (Lipinski definition) is 0. The summed E-state index contributed by atoms with van der Waals surface area (Å²) in [6.45, 7) is 23.4. The zero-order valence-corrected chi connectivity index (χ0v) is 20.5. The van der Waals surface area contributed by atoms with Gasteiger partial charge in [0.05, 0.1) is 11.4 Å². The Labute approximate surface area is 190 Å². The molecule has 2 aliphatic heterocycles. The van der Waals surface area contributed by atoms with Crippen LogP contribution in [0.4, 0.5) is 11.4 Å². The Morgan fingerprint density at radius 1 is 0.839 bits per heavy atom. The van der Waals surface area contributed by atoms with Crippen LogP contribution in [0.25, 0.3) is 0 Å². The number of para-hydroxylation sites is 2. The molecule has 2 aromatic rings. The van der Waals surface area contributed by atoms with Crippen molar-refractivity contribution in [3.05, 3.63) is 96.9 Å². The fourth-order valence-electron chi connectivity index (χ4n) is 4.91. The van der Waals surface area contributed by atoms with Crippen LogP contribution in [0.5, 0.6) is 0 Å². The van der Waals surface area contributed by atoms with Crippen molar-refractivity contribution in [1.29, 1.82) is 0 Å². The van der Waals surface area contributed by atoms with E-state index in [-0.39, 0.29) is 11.6 Å². The number of nitrogens with zero attached hydrogens (tertiary/aromatic N) is 2. The summed E-state index contributed by atoms with van der Waals surface area (Å²) in [5.41, 5.74) is 6.28. The molecule has 2 heteroatoms. The van der Waals surface area contributed by atoms with Gasteiger partial charge < -0.3 is 9.80 Å². The van der Waals surface area contributed by atoms with Gasteiger partial charge in [-0.3, -0.25) is 0 Å². The van der Waals surface area contributed by atoms with Gasteiger partial charge in [-0.25, -0.2) is 0 Å². The number of hydrogen-bond acceptors (Lipinski definition) is 2. The highest BCUT2D eigenvalue weighted by atomic mass is 15.4. The maximum Gasteiger partial charge on any atom is 0.114 e. The first kappa shape index (κ1) is 24.5. The first-order valence-electron chi connectivity index (χ1n) is 11.8. The second kappa shape index (κ2) is 10.5. The van der Waals surface area contributed by atoms with E-state index < -0.39 is 0 Å². The van der Waals surface area contributed by atoms with Crippen molar-refractivity contribution in [3.63, 3.8) is 0 Å². The summed E-state index contributed by atoms with van der Waals surface area (Å²) in [5, 5.41) is 0. The summed E-state index contributed by atoms with van der Waals surface area (Å²) in [6, 6.07) is 19.5. The Morgan fingerprint density at radius 3 is 1.90 bits per heavy atom.